The van der Waals surface area contributed by atoms with Gasteiger partial charge in [0.1, 0.15) is 11.4 Å². The number of aryl methyl sites for hydroxylation is 1. The van der Waals surface area contributed by atoms with Gasteiger partial charge < -0.3 is 15.5 Å². The third-order valence-corrected chi connectivity index (χ3v) is 6.40. The molecule has 0 aliphatic heterocycles. The van der Waals surface area contributed by atoms with E-state index in [9.17, 15) is 0 Å². The molecule has 138 valence electrons. The molecule has 0 aliphatic carbocycles. The van der Waals surface area contributed by atoms with Crippen molar-refractivity contribution < 1.29 is 4.74 Å². The van der Waals surface area contributed by atoms with Crippen molar-refractivity contribution in [3.05, 3.63) is 36.0 Å². The van der Waals surface area contributed by atoms with Gasteiger partial charge in [-0.1, -0.05) is 45.6 Å². The van der Waals surface area contributed by atoms with E-state index in [1.807, 2.05) is 13.1 Å². The molecular weight excluding hydrogens is 338 g/mol. The Kier molecular flexibility index (Phi) is 4.84. The summed E-state index contributed by atoms with van der Waals surface area (Å²) in [6.45, 7) is 14.0. The molecule has 2 aromatic heterocycles. The van der Waals surface area contributed by atoms with E-state index < -0.39 is 8.07 Å². The van der Waals surface area contributed by atoms with Crippen LogP contribution in [0.2, 0.25) is 19.6 Å². The molecule has 26 heavy (non-hydrogen) atoms. The quantitative estimate of drug-likeness (QED) is 0.507. The minimum atomic E-state index is -1.61. The Labute approximate surface area is 156 Å². The highest BCUT2D eigenvalue weighted by molar-refractivity contribution is 6.89. The largest absolute Gasteiger partial charge is 0.492 e. The fourth-order valence-corrected chi connectivity index (χ4v) is 4.57. The maximum atomic E-state index is 6.20. The van der Waals surface area contributed by atoms with Crippen molar-refractivity contribution in [1.82, 2.24) is 9.97 Å². The molecule has 3 aromatic rings. The summed E-state index contributed by atoms with van der Waals surface area (Å²) in [6.07, 6.45) is 1.81. The second-order valence-corrected chi connectivity index (χ2v) is 13.5. The van der Waals surface area contributed by atoms with Gasteiger partial charge in [-0.2, -0.15) is 0 Å². The minimum Gasteiger partial charge on any atom is -0.492 e. The van der Waals surface area contributed by atoms with Crippen molar-refractivity contribution in [2.45, 2.75) is 40.4 Å². The van der Waals surface area contributed by atoms with E-state index in [0.717, 1.165) is 33.6 Å². The number of ether oxygens (including phenoxy) is 1. The summed E-state index contributed by atoms with van der Waals surface area (Å²) in [5.41, 5.74) is 11.4. The maximum absolute atomic E-state index is 6.20. The van der Waals surface area contributed by atoms with Gasteiger partial charge in [-0.3, -0.25) is 0 Å². The Morgan fingerprint density at radius 2 is 1.92 bits per heavy atom. The number of nitrogen functional groups attached to an aromatic ring is 1. The fraction of sp³-hybridized carbons (Fsp3) is 0.381. The summed E-state index contributed by atoms with van der Waals surface area (Å²) in [7, 11) is -1.61. The van der Waals surface area contributed by atoms with E-state index >= 15 is 0 Å². The number of benzene rings is 1. The Morgan fingerprint density at radius 1 is 1.19 bits per heavy atom. The zero-order valence-corrected chi connectivity index (χ0v) is 17.6. The van der Waals surface area contributed by atoms with Crippen molar-refractivity contribution in [2.24, 2.45) is 5.92 Å². The lowest BCUT2D eigenvalue weighted by Crippen LogP contribution is -2.39. The normalized spacial score (nSPS) is 12.1. The summed E-state index contributed by atoms with van der Waals surface area (Å²) < 4.78 is 5.91. The van der Waals surface area contributed by atoms with Gasteiger partial charge in [-0.05, 0) is 36.1 Å². The molecule has 0 aliphatic rings. The van der Waals surface area contributed by atoms with Crippen LogP contribution in [0.25, 0.3) is 22.2 Å². The maximum Gasteiger partial charge on any atom is 0.138 e. The lowest BCUT2D eigenvalue weighted by molar-refractivity contribution is 0.270. The second kappa shape index (κ2) is 6.80. The average Bonchev–Trinajstić information content (AvgIpc) is 2.94. The van der Waals surface area contributed by atoms with Crippen LogP contribution in [-0.4, -0.2) is 24.6 Å². The van der Waals surface area contributed by atoms with Gasteiger partial charge in [0.25, 0.3) is 0 Å². The summed E-state index contributed by atoms with van der Waals surface area (Å²) in [4.78, 5) is 8.21. The molecule has 1 aromatic carbocycles. The van der Waals surface area contributed by atoms with E-state index in [1.165, 1.54) is 10.9 Å². The number of pyridine rings is 1. The van der Waals surface area contributed by atoms with Crippen LogP contribution in [0, 0.1) is 12.8 Å². The molecule has 0 saturated carbocycles. The first kappa shape index (κ1) is 18.5. The summed E-state index contributed by atoms with van der Waals surface area (Å²) >= 11 is 0. The highest BCUT2D eigenvalue weighted by atomic mass is 28.3. The average molecular weight is 368 g/mol. The Balaban J connectivity index is 2.21. The minimum absolute atomic E-state index is 0.478. The van der Waals surface area contributed by atoms with Crippen LogP contribution in [0.15, 0.2) is 30.5 Å². The lowest BCUT2D eigenvalue weighted by atomic mass is 10.0. The predicted octanol–water partition coefficient (Wildman–Crippen LogP) is 4.70. The van der Waals surface area contributed by atoms with Crippen LogP contribution in [-0.2, 0) is 0 Å². The van der Waals surface area contributed by atoms with Gasteiger partial charge in [0.15, 0.2) is 0 Å². The molecule has 0 bridgehead atoms. The standard InChI is InChI=1S/C21H29N3OSi/c1-13(2)12-25-16-10-17-19(15-8-7-14(3)18(22)9-15)21(26(4,5)6)24-20(17)23-11-16/h7-11,13H,12,22H2,1-6H3,(H,23,24). The first-order valence-corrected chi connectivity index (χ1v) is 12.7. The van der Waals surface area contributed by atoms with Crippen LogP contribution >= 0.6 is 0 Å². The van der Waals surface area contributed by atoms with Gasteiger partial charge in [0, 0.05) is 22.0 Å². The van der Waals surface area contributed by atoms with Gasteiger partial charge >= 0.3 is 0 Å². The topological polar surface area (TPSA) is 63.9 Å². The second-order valence-electron chi connectivity index (χ2n) is 8.47. The van der Waals surface area contributed by atoms with Gasteiger partial charge in [-0.25, -0.2) is 4.98 Å². The number of H-pyrrole nitrogens is 1. The van der Waals surface area contributed by atoms with Crippen LogP contribution in [0.4, 0.5) is 5.69 Å². The van der Waals surface area contributed by atoms with Crippen molar-refractivity contribution >= 4 is 30.1 Å². The molecule has 0 amide bonds. The number of hydrogen-bond donors (Lipinski definition) is 2. The smallest absolute Gasteiger partial charge is 0.138 e. The van der Waals surface area contributed by atoms with Crippen molar-refractivity contribution in [3.8, 4) is 16.9 Å². The van der Waals surface area contributed by atoms with Gasteiger partial charge in [-0.15, -0.1) is 0 Å². The SMILES string of the molecule is Cc1ccc(-c2c([Si](C)(C)C)[nH]c3ncc(OCC(C)C)cc23)cc1N. The monoisotopic (exact) mass is 367 g/mol. The molecule has 0 unspecified atom stereocenters. The third-order valence-electron chi connectivity index (χ3n) is 4.53. The highest BCUT2D eigenvalue weighted by Crippen LogP contribution is 2.32. The Hall–Kier alpha value is -2.27. The Bertz CT molecular complexity index is 938. The lowest BCUT2D eigenvalue weighted by Gasteiger charge is -2.18. The molecule has 0 fully saturated rings. The molecule has 0 saturated heterocycles. The number of aromatic amines is 1. The molecule has 0 spiro atoms. The number of fused-ring (bicyclic) bond motifs is 1. The summed E-state index contributed by atoms with van der Waals surface area (Å²) in [5.74, 6) is 1.29. The van der Waals surface area contributed by atoms with Gasteiger partial charge in [0.2, 0.25) is 0 Å². The van der Waals surface area contributed by atoms with Gasteiger partial charge in [0.05, 0.1) is 20.9 Å². The van der Waals surface area contributed by atoms with Crippen LogP contribution in [0.1, 0.15) is 19.4 Å². The summed E-state index contributed by atoms with van der Waals surface area (Å²) in [6, 6.07) is 8.42. The zero-order chi connectivity index (χ0) is 19.1. The van der Waals surface area contributed by atoms with E-state index in [4.69, 9.17) is 10.5 Å². The molecule has 0 radical (unpaired) electrons. The number of hydrogen-bond acceptors (Lipinski definition) is 3. The van der Waals surface area contributed by atoms with Crippen LogP contribution < -0.4 is 15.8 Å². The molecule has 3 rings (SSSR count). The number of aromatic nitrogens is 2. The van der Waals surface area contributed by atoms with E-state index in [-0.39, 0.29) is 0 Å². The van der Waals surface area contributed by atoms with Crippen molar-refractivity contribution in [2.75, 3.05) is 12.3 Å². The molecule has 2 heterocycles. The fourth-order valence-electron chi connectivity index (χ4n) is 3.05. The van der Waals surface area contributed by atoms with Crippen molar-refractivity contribution in [3.63, 3.8) is 0 Å². The molecule has 4 nitrogen and oxygen atoms in total. The first-order chi connectivity index (χ1) is 12.2. The van der Waals surface area contributed by atoms with E-state index in [0.29, 0.717) is 12.5 Å². The highest BCUT2D eigenvalue weighted by Gasteiger charge is 2.26. The molecule has 0 atom stereocenters. The number of anilines is 1. The number of nitrogens with zero attached hydrogens (tertiary/aromatic N) is 1. The third kappa shape index (κ3) is 3.63. The van der Waals surface area contributed by atoms with E-state index in [2.05, 4.69) is 67.7 Å². The number of rotatable bonds is 5. The summed E-state index contributed by atoms with van der Waals surface area (Å²) in [5, 5.41) is 2.40. The first-order valence-electron chi connectivity index (χ1n) is 9.18. The van der Waals surface area contributed by atoms with Crippen molar-refractivity contribution in [1.29, 1.82) is 0 Å². The number of nitrogens with one attached hydrogen (secondary N) is 1. The van der Waals surface area contributed by atoms with Crippen LogP contribution in [0.3, 0.4) is 0 Å². The molecule has 3 N–H and O–H groups in total. The number of nitrogens with two attached hydrogens (primary N) is 1. The molecule has 5 heteroatoms. The molecular formula is C21H29N3OSi. The predicted molar refractivity (Wildman–Crippen MR) is 114 cm³/mol. The Morgan fingerprint density at radius 3 is 2.54 bits per heavy atom. The van der Waals surface area contributed by atoms with Crippen LogP contribution in [0.5, 0.6) is 5.75 Å². The van der Waals surface area contributed by atoms with E-state index in [1.54, 1.807) is 0 Å². The zero-order valence-electron chi connectivity index (χ0n) is 16.6.